The predicted molar refractivity (Wildman–Crippen MR) is 115 cm³/mol. The fraction of sp³-hybridized carbons (Fsp3) is 0.364. The number of fused-ring (bicyclic) bond motifs is 3. The number of amides is 1. The standard InChI is InChI=1S/C22H23N3O3S/c1-22(2,3)21(28)24-14-9-7-13(8-10-14)16(26)11-25-12-23-19-18(20(25)27)15-5-4-6-17(15)29-19/h7-10,12H,4-6,11H2,1-3H3,(H,24,28). The summed E-state index contributed by atoms with van der Waals surface area (Å²) in [7, 11) is 0. The molecular weight excluding hydrogens is 386 g/mol. The number of carbonyl (C=O) groups is 2. The number of Topliss-reactive ketones (excluding diaryl/α,β-unsaturated/α-hetero) is 1. The summed E-state index contributed by atoms with van der Waals surface area (Å²) in [6.07, 6.45) is 4.45. The van der Waals surface area contributed by atoms with Gasteiger partial charge >= 0.3 is 0 Å². The highest BCUT2D eigenvalue weighted by molar-refractivity contribution is 7.18. The van der Waals surface area contributed by atoms with Gasteiger partial charge in [0, 0.05) is 21.5 Å². The first-order valence-corrected chi connectivity index (χ1v) is 10.5. The van der Waals surface area contributed by atoms with Gasteiger partial charge in [0.05, 0.1) is 18.3 Å². The summed E-state index contributed by atoms with van der Waals surface area (Å²) in [5.41, 5.74) is 1.60. The zero-order valence-electron chi connectivity index (χ0n) is 16.7. The molecule has 4 rings (SSSR count). The van der Waals surface area contributed by atoms with E-state index in [1.165, 1.54) is 15.8 Å². The van der Waals surface area contributed by atoms with Crippen molar-refractivity contribution in [2.24, 2.45) is 5.41 Å². The van der Waals surface area contributed by atoms with Crippen LogP contribution in [0.2, 0.25) is 0 Å². The Balaban J connectivity index is 1.53. The number of aromatic nitrogens is 2. The van der Waals surface area contributed by atoms with Crippen molar-refractivity contribution in [3.05, 3.63) is 57.0 Å². The number of anilines is 1. The lowest BCUT2D eigenvalue weighted by Gasteiger charge is -2.17. The molecule has 0 atom stereocenters. The molecule has 1 amide bonds. The molecule has 0 saturated heterocycles. The second-order valence-corrected chi connectivity index (χ2v) is 9.50. The van der Waals surface area contributed by atoms with E-state index < -0.39 is 5.41 Å². The molecule has 3 aromatic rings. The number of rotatable bonds is 4. The van der Waals surface area contributed by atoms with Crippen LogP contribution in [0.25, 0.3) is 10.2 Å². The van der Waals surface area contributed by atoms with E-state index in [4.69, 9.17) is 0 Å². The Bertz CT molecular complexity index is 1170. The van der Waals surface area contributed by atoms with Crippen LogP contribution in [0.1, 0.15) is 48.0 Å². The minimum absolute atomic E-state index is 0.0555. The Hall–Kier alpha value is -2.80. The van der Waals surface area contributed by atoms with Crippen molar-refractivity contribution in [2.45, 2.75) is 46.6 Å². The lowest BCUT2D eigenvalue weighted by atomic mass is 9.95. The van der Waals surface area contributed by atoms with Gasteiger partial charge in [-0.05, 0) is 49.1 Å². The molecule has 1 aliphatic carbocycles. The van der Waals surface area contributed by atoms with Gasteiger partial charge in [-0.2, -0.15) is 0 Å². The molecule has 7 heteroatoms. The molecule has 0 saturated carbocycles. The molecule has 2 heterocycles. The molecule has 0 spiro atoms. The van der Waals surface area contributed by atoms with Crippen LogP contribution in [0.4, 0.5) is 5.69 Å². The fourth-order valence-corrected chi connectivity index (χ4v) is 4.66. The van der Waals surface area contributed by atoms with Crippen LogP contribution in [0.15, 0.2) is 35.4 Å². The quantitative estimate of drug-likeness (QED) is 0.665. The minimum Gasteiger partial charge on any atom is -0.326 e. The molecule has 0 unspecified atom stereocenters. The molecule has 0 bridgehead atoms. The van der Waals surface area contributed by atoms with E-state index in [1.807, 2.05) is 20.8 Å². The first-order valence-electron chi connectivity index (χ1n) is 9.68. The third-order valence-electron chi connectivity index (χ3n) is 5.15. The zero-order valence-corrected chi connectivity index (χ0v) is 17.6. The summed E-state index contributed by atoms with van der Waals surface area (Å²) in [6, 6.07) is 6.74. The van der Waals surface area contributed by atoms with Crippen molar-refractivity contribution in [3.63, 3.8) is 0 Å². The van der Waals surface area contributed by atoms with Crippen LogP contribution >= 0.6 is 11.3 Å². The van der Waals surface area contributed by atoms with Gasteiger partial charge in [-0.1, -0.05) is 20.8 Å². The summed E-state index contributed by atoms with van der Waals surface area (Å²) >= 11 is 1.59. The lowest BCUT2D eigenvalue weighted by molar-refractivity contribution is -0.123. The smallest absolute Gasteiger partial charge is 0.262 e. The van der Waals surface area contributed by atoms with Gasteiger partial charge in [0.15, 0.2) is 5.78 Å². The number of hydrogen-bond acceptors (Lipinski definition) is 5. The summed E-state index contributed by atoms with van der Waals surface area (Å²) in [5, 5.41) is 3.51. The van der Waals surface area contributed by atoms with Crippen molar-refractivity contribution >= 4 is 38.9 Å². The highest BCUT2D eigenvalue weighted by atomic mass is 32.1. The summed E-state index contributed by atoms with van der Waals surface area (Å²) in [4.78, 5) is 44.1. The summed E-state index contributed by atoms with van der Waals surface area (Å²) in [5.74, 6) is -0.264. The summed E-state index contributed by atoms with van der Waals surface area (Å²) < 4.78 is 1.39. The van der Waals surface area contributed by atoms with E-state index in [0.29, 0.717) is 16.6 Å². The minimum atomic E-state index is -0.497. The monoisotopic (exact) mass is 409 g/mol. The lowest BCUT2D eigenvalue weighted by Crippen LogP contribution is -2.27. The molecule has 29 heavy (non-hydrogen) atoms. The van der Waals surface area contributed by atoms with E-state index in [9.17, 15) is 14.4 Å². The Morgan fingerprint density at radius 3 is 2.59 bits per heavy atom. The highest BCUT2D eigenvalue weighted by Gasteiger charge is 2.22. The number of thiophene rings is 1. The van der Waals surface area contributed by atoms with Crippen molar-refractivity contribution in [2.75, 3.05) is 5.32 Å². The first kappa shape index (κ1) is 19.5. The van der Waals surface area contributed by atoms with Crippen molar-refractivity contribution in [1.82, 2.24) is 9.55 Å². The topological polar surface area (TPSA) is 81.1 Å². The van der Waals surface area contributed by atoms with Gasteiger partial charge < -0.3 is 5.32 Å². The Morgan fingerprint density at radius 1 is 1.17 bits per heavy atom. The van der Waals surface area contributed by atoms with Gasteiger partial charge in [-0.25, -0.2) is 4.98 Å². The normalized spacial score (nSPS) is 13.5. The van der Waals surface area contributed by atoms with E-state index in [2.05, 4.69) is 10.3 Å². The molecule has 150 valence electrons. The molecule has 1 aliphatic rings. The second-order valence-electron chi connectivity index (χ2n) is 8.42. The van der Waals surface area contributed by atoms with Crippen LogP contribution in [-0.2, 0) is 24.2 Å². The molecule has 1 N–H and O–H groups in total. The maximum atomic E-state index is 12.9. The number of aryl methyl sites for hydroxylation is 2. The van der Waals surface area contributed by atoms with E-state index in [-0.39, 0.29) is 23.8 Å². The van der Waals surface area contributed by atoms with Gasteiger partial charge in [-0.3, -0.25) is 19.0 Å². The van der Waals surface area contributed by atoms with Crippen LogP contribution < -0.4 is 10.9 Å². The molecule has 0 radical (unpaired) electrons. The number of nitrogens with one attached hydrogen (secondary N) is 1. The van der Waals surface area contributed by atoms with E-state index in [0.717, 1.165) is 29.7 Å². The molecule has 6 nitrogen and oxygen atoms in total. The van der Waals surface area contributed by atoms with Crippen molar-refractivity contribution in [1.29, 1.82) is 0 Å². The van der Waals surface area contributed by atoms with Crippen LogP contribution in [-0.4, -0.2) is 21.2 Å². The Labute approximate surface area is 172 Å². The van der Waals surface area contributed by atoms with Gasteiger partial charge in [0.1, 0.15) is 4.83 Å². The third kappa shape index (κ3) is 3.74. The third-order valence-corrected chi connectivity index (χ3v) is 6.35. The number of benzene rings is 1. The van der Waals surface area contributed by atoms with Gasteiger partial charge in [0.2, 0.25) is 5.91 Å². The highest BCUT2D eigenvalue weighted by Crippen LogP contribution is 2.34. The molecule has 1 aromatic carbocycles. The fourth-order valence-electron chi connectivity index (χ4n) is 3.44. The van der Waals surface area contributed by atoms with Crippen LogP contribution in [0, 0.1) is 5.41 Å². The number of ketones is 1. The predicted octanol–water partition coefficient (Wildman–Crippen LogP) is 3.81. The zero-order chi connectivity index (χ0) is 20.8. The molecule has 2 aromatic heterocycles. The van der Waals surface area contributed by atoms with Crippen LogP contribution in [0.3, 0.4) is 0 Å². The number of carbonyl (C=O) groups excluding carboxylic acids is 2. The molecular formula is C22H23N3O3S. The first-order chi connectivity index (χ1) is 13.7. The van der Waals surface area contributed by atoms with Gasteiger partial charge in [0.25, 0.3) is 5.56 Å². The number of hydrogen-bond donors (Lipinski definition) is 1. The van der Waals surface area contributed by atoms with Crippen molar-refractivity contribution in [3.8, 4) is 0 Å². The second kappa shape index (κ2) is 7.22. The van der Waals surface area contributed by atoms with E-state index in [1.54, 1.807) is 35.6 Å². The largest absolute Gasteiger partial charge is 0.326 e. The Kier molecular flexibility index (Phi) is 4.86. The van der Waals surface area contributed by atoms with Crippen molar-refractivity contribution < 1.29 is 9.59 Å². The van der Waals surface area contributed by atoms with Crippen LogP contribution in [0.5, 0.6) is 0 Å². The maximum absolute atomic E-state index is 12.9. The molecule has 0 aliphatic heterocycles. The average molecular weight is 410 g/mol. The number of nitrogens with zero attached hydrogens (tertiary/aromatic N) is 2. The van der Waals surface area contributed by atoms with Gasteiger partial charge in [-0.15, -0.1) is 11.3 Å². The SMILES string of the molecule is CC(C)(C)C(=O)Nc1ccc(C(=O)Cn2cnc3sc4c(c3c2=O)CCC4)cc1. The molecule has 0 fully saturated rings. The average Bonchev–Trinajstić information content (AvgIpc) is 3.24. The maximum Gasteiger partial charge on any atom is 0.262 e. The van der Waals surface area contributed by atoms with E-state index >= 15 is 0 Å². The Morgan fingerprint density at radius 2 is 1.90 bits per heavy atom. The summed E-state index contributed by atoms with van der Waals surface area (Å²) in [6.45, 7) is 5.46.